The molecule has 6 heteroatoms. The molecule has 1 amide bonds. The van der Waals surface area contributed by atoms with E-state index in [2.05, 4.69) is 5.32 Å². The molecule has 1 aromatic rings. The van der Waals surface area contributed by atoms with Crippen LogP contribution in [0.25, 0.3) is 0 Å². The third-order valence-corrected chi connectivity index (χ3v) is 4.61. The summed E-state index contributed by atoms with van der Waals surface area (Å²) in [5.41, 5.74) is 1.04. The molecule has 0 radical (unpaired) electrons. The van der Waals surface area contributed by atoms with Gasteiger partial charge in [0.05, 0.1) is 18.1 Å². The minimum atomic E-state index is -0.985. The van der Waals surface area contributed by atoms with Crippen LogP contribution in [0.15, 0.2) is 0 Å². The Morgan fingerprint density at radius 3 is 2.80 bits per heavy atom. The molecule has 5 nitrogen and oxygen atoms in total. The highest BCUT2D eigenvalue weighted by Gasteiger charge is 2.26. The smallest absolute Gasteiger partial charge is 0.339 e. The molecule has 0 saturated carbocycles. The highest BCUT2D eigenvalue weighted by molar-refractivity contribution is 7.16. The average Bonchev–Trinajstić information content (AvgIpc) is 2.75. The maximum atomic E-state index is 12.2. The van der Waals surface area contributed by atoms with Gasteiger partial charge in [-0.3, -0.25) is 4.79 Å². The monoisotopic (exact) mass is 297 g/mol. The molecule has 1 aliphatic rings. The zero-order chi connectivity index (χ0) is 14.7. The predicted molar refractivity (Wildman–Crippen MR) is 77.6 cm³/mol. The number of anilines is 1. The number of hydrogen-bond acceptors (Lipinski definition) is 4. The fraction of sp³-hybridized carbons (Fsp3) is 0.571. The Bertz CT molecular complexity index is 517. The van der Waals surface area contributed by atoms with Crippen LogP contribution < -0.4 is 5.32 Å². The van der Waals surface area contributed by atoms with Crippen molar-refractivity contribution in [1.29, 1.82) is 0 Å². The van der Waals surface area contributed by atoms with Gasteiger partial charge in [0.1, 0.15) is 5.00 Å². The number of ether oxygens (including phenoxy) is 1. The molecule has 2 heterocycles. The Kier molecular flexibility index (Phi) is 4.77. The van der Waals surface area contributed by atoms with Crippen molar-refractivity contribution < 1.29 is 19.4 Å². The topological polar surface area (TPSA) is 75.6 Å². The number of nitrogens with one attached hydrogen (secondary N) is 1. The summed E-state index contributed by atoms with van der Waals surface area (Å²) < 4.78 is 5.29. The number of carboxylic acids is 1. The molecule has 2 rings (SSSR count). The Morgan fingerprint density at radius 1 is 1.50 bits per heavy atom. The molecule has 0 bridgehead atoms. The molecule has 2 N–H and O–H groups in total. The van der Waals surface area contributed by atoms with Crippen molar-refractivity contribution in [2.75, 3.05) is 18.5 Å². The fourth-order valence-electron chi connectivity index (χ4n) is 2.48. The van der Waals surface area contributed by atoms with Gasteiger partial charge in [0.15, 0.2) is 0 Å². The van der Waals surface area contributed by atoms with Crippen LogP contribution in [-0.2, 0) is 16.0 Å². The van der Waals surface area contributed by atoms with Crippen LogP contribution in [0.1, 0.15) is 40.6 Å². The van der Waals surface area contributed by atoms with Crippen molar-refractivity contribution in [1.82, 2.24) is 0 Å². The van der Waals surface area contributed by atoms with Gasteiger partial charge in [-0.25, -0.2) is 4.79 Å². The molecule has 1 saturated heterocycles. The lowest BCUT2D eigenvalue weighted by Crippen LogP contribution is -2.30. The maximum absolute atomic E-state index is 12.2. The van der Waals surface area contributed by atoms with Gasteiger partial charge in [-0.2, -0.15) is 0 Å². The van der Waals surface area contributed by atoms with E-state index >= 15 is 0 Å². The number of carboxylic acid groups (broad SMARTS) is 1. The van der Waals surface area contributed by atoms with Crippen molar-refractivity contribution in [3.05, 3.63) is 16.0 Å². The van der Waals surface area contributed by atoms with Crippen molar-refractivity contribution in [2.24, 2.45) is 5.92 Å². The van der Waals surface area contributed by atoms with E-state index in [1.807, 2.05) is 13.8 Å². The largest absolute Gasteiger partial charge is 0.478 e. The van der Waals surface area contributed by atoms with E-state index in [1.165, 1.54) is 11.3 Å². The van der Waals surface area contributed by atoms with Crippen LogP contribution in [0, 0.1) is 12.8 Å². The molecule has 0 aliphatic carbocycles. The third kappa shape index (κ3) is 3.02. The summed E-state index contributed by atoms with van der Waals surface area (Å²) in [6, 6.07) is 0. The number of amides is 1. The summed E-state index contributed by atoms with van der Waals surface area (Å²) >= 11 is 1.33. The molecule has 0 aromatic carbocycles. The molecular weight excluding hydrogens is 278 g/mol. The Morgan fingerprint density at radius 2 is 2.25 bits per heavy atom. The van der Waals surface area contributed by atoms with Gasteiger partial charge in [-0.15, -0.1) is 11.3 Å². The van der Waals surface area contributed by atoms with E-state index in [4.69, 9.17) is 4.74 Å². The van der Waals surface area contributed by atoms with Gasteiger partial charge in [0, 0.05) is 11.5 Å². The third-order valence-electron chi connectivity index (χ3n) is 3.54. The first kappa shape index (κ1) is 15.0. The van der Waals surface area contributed by atoms with Gasteiger partial charge in [-0.05, 0) is 31.7 Å². The van der Waals surface area contributed by atoms with Crippen LogP contribution in [0.3, 0.4) is 0 Å². The average molecular weight is 297 g/mol. The fourth-order valence-corrected chi connectivity index (χ4v) is 3.62. The molecule has 1 atom stereocenters. The Balaban J connectivity index is 2.20. The summed E-state index contributed by atoms with van der Waals surface area (Å²) in [6.07, 6.45) is 2.30. The van der Waals surface area contributed by atoms with E-state index in [0.717, 1.165) is 23.3 Å². The zero-order valence-corrected chi connectivity index (χ0v) is 12.5. The zero-order valence-electron chi connectivity index (χ0n) is 11.7. The number of thiophene rings is 1. The van der Waals surface area contributed by atoms with E-state index in [9.17, 15) is 14.7 Å². The second-order valence-corrected chi connectivity index (χ2v) is 6.13. The first-order chi connectivity index (χ1) is 9.54. The lowest BCUT2D eigenvalue weighted by atomic mass is 10.0. The van der Waals surface area contributed by atoms with E-state index in [1.54, 1.807) is 0 Å². The number of carbonyl (C=O) groups excluding carboxylic acids is 1. The van der Waals surface area contributed by atoms with Crippen molar-refractivity contribution in [3.8, 4) is 0 Å². The first-order valence-electron chi connectivity index (χ1n) is 6.78. The highest BCUT2D eigenvalue weighted by atomic mass is 32.1. The SMILES string of the molecule is CCc1c(C)sc(NC(=O)C2CCCOC2)c1C(=O)O. The molecule has 1 aromatic heterocycles. The molecule has 110 valence electrons. The summed E-state index contributed by atoms with van der Waals surface area (Å²) in [6.45, 7) is 4.92. The van der Waals surface area contributed by atoms with Gasteiger partial charge >= 0.3 is 5.97 Å². The standard InChI is InChI=1S/C14H19NO4S/c1-3-10-8(2)20-13(11(10)14(17)18)15-12(16)9-5-4-6-19-7-9/h9H,3-7H2,1-2H3,(H,15,16)(H,17,18). The molecule has 1 unspecified atom stereocenters. The van der Waals surface area contributed by atoms with Crippen LogP contribution in [-0.4, -0.2) is 30.2 Å². The molecule has 20 heavy (non-hydrogen) atoms. The van der Waals surface area contributed by atoms with Gasteiger partial charge in [0.2, 0.25) is 5.91 Å². The predicted octanol–water partition coefficient (Wildman–Crippen LogP) is 2.68. The first-order valence-corrected chi connectivity index (χ1v) is 7.60. The number of hydrogen-bond donors (Lipinski definition) is 2. The number of carbonyl (C=O) groups is 2. The van der Waals surface area contributed by atoms with Gasteiger partial charge < -0.3 is 15.2 Å². The van der Waals surface area contributed by atoms with Crippen LogP contribution in [0.2, 0.25) is 0 Å². The van der Waals surface area contributed by atoms with Crippen molar-refractivity contribution in [2.45, 2.75) is 33.1 Å². The van der Waals surface area contributed by atoms with Gasteiger partial charge in [-0.1, -0.05) is 6.92 Å². The van der Waals surface area contributed by atoms with E-state index < -0.39 is 5.97 Å². The van der Waals surface area contributed by atoms with Crippen LogP contribution in [0.5, 0.6) is 0 Å². The quantitative estimate of drug-likeness (QED) is 0.896. The summed E-state index contributed by atoms with van der Waals surface area (Å²) in [4.78, 5) is 24.5. The number of rotatable bonds is 4. The van der Waals surface area contributed by atoms with Crippen molar-refractivity contribution >= 4 is 28.2 Å². The van der Waals surface area contributed by atoms with E-state index in [0.29, 0.717) is 24.6 Å². The Hall–Kier alpha value is -1.40. The lowest BCUT2D eigenvalue weighted by molar-refractivity contribution is -0.123. The van der Waals surface area contributed by atoms with E-state index in [-0.39, 0.29) is 17.4 Å². The summed E-state index contributed by atoms with van der Waals surface area (Å²) in [5.74, 6) is -1.31. The molecule has 1 aliphatic heterocycles. The lowest BCUT2D eigenvalue weighted by Gasteiger charge is -2.21. The molecule has 0 spiro atoms. The normalized spacial score (nSPS) is 18.8. The highest BCUT2D eigenvalue weighted by Crippen LogP contribution is 2.34. The summed E-state index contributed by atoms with van der Waals surface area (Å²) in [5, 5.41) is 12.6. The summed E-state index contributed by atoms with van der Waals surface area (Å²) in [7, 11) is 0. The van der Waals surface area contributed by atoms with Crippen molar-refractivity contribution in [3.63, 3.8) is 0 Å². The Labute approximate surface area is 121 Å². The minimum Gasteiger partial charge on any atom is -0.478 e. The van der Waals surface area contributed by atoms with Crippen LogP contribution in [0.4, 0.5) is 5.00 Å². The number of aromatic carboxylic acids is 1. The number of aryl methyl sites for hydroxylation is 1. The molecule has 1 fully saturated rings. The molecular formula is C14H19NO4S. The van der Waals surface area contributed by atoms with Gasteiger partial charge in [0.25, 0.3) is 0 Å². The maximum Gasteiger partial charge on any atom is 0.339 e. The second-order valence-electron chi connectivity index (χ2n) is 4.90. The van der Waals surface area contributed by atoms with Crippen LogP contribution >= 0.6 is 11.3 Å². The second kappa shape index (κ2) is 6.37. The minimum absolute atomic E-state index is 0.142.